The summed E-state index contributed by atoms with van der Waals surface area (Å²) in [5.41, 5.74) is 2.61. The lowest BCUT2D eigenvalue weighted by atomic mass is 9.93. The van der Waals surface area contributed by atoms with Crippen LogP contribution >= 0.6 is 11.8 Å². The Bertz CT molecular complexity index is 595. The number of aromatic nitrogens is 2. The van der Waals surface area contributed by atoms with Crippen LogP contribution < -0.4 is 4.90 Å². The summed E-state index contributed by atoms with van der Waals surface area (Å²) >= 11 is 1.96. The number of carbonyl (C=O) groups is 1. The maximum absolute atomic E-state index is 12.7. The minimum atomic E-state index is 0.210. The highest BCUT2D eigenvalue weighted by Gasteiger charge is 2.31. The molecule has 0 radical (unpaired) electrons. The van der Waals surface area contributed by atoms with Crippen molar-refractivity contribution in [2.45, 2.75) is 38.5 Å². The molecule has 6 heteroatoms. The van der Waals surface area contributed by atoms with Crippen molar-refractivity contribution in [1.29, 1.82) is 0 Å². The fourth-order valence-corrected chi connectivity index (χ4v) is 5.06. The molecule has 0 aromatic carbocycles. The summed E-state index contributed by atoms with van der Waals surface area (Å²) in [6.45, 7) is 3.76. The molecule has 0 atom stereocenters. The zero-order valence-electron chi connectivity index (χ0n) is 14.2. The average Bonchev–Trinajstić information content (AvgIpc) is 2.68. The van der Waals surface area contributed by atoms with Crippen LogP contribution in [-0.4, -0.2) is 58.5 Å². The van der Waals surface area contributed by atoms with E-state index in [1.165, 1.54) is 24.1 Å². The number of hydrogen-bond donors (Lipinski definition) is 0. The second-order valence-electron chi connectivity index (χ2n) is 7.03. The van der Waals surface area contributed by atoms with Crippen molar-refractivity contribution in [3.05, 3.63) is 17.6 Å². The van der Waals surface area contributed by atoms with E-state index in [-0.39, 0.29) is 5.92 Å². The molecule has 0 bridgehead atoms. The standard InChI is InChI=1S/C18H26N4OS/c23-18(22-9-11-24-12-10-22)14-5-7-21(8-6-14)17-15-3-1-2-4-16(15)19-13-20-17/h13-14H,1-12H2. The summed E-state index contributed by atoms with van der Waals surface area (Å²) in [5.74, 6) is 3.93. The highest BCUT2D eigenvalue weighted by Crippen LogP contribution is 2.30. The number of amides is 1. The van der Waals surface area contributed by atoms with Gasteiger partial charge in [-0.25, -0.2) is 9.97 Å². The summed E-state index contributed by atoms with van der Waals surface area (Å²) in [7, 11) is 0. The molecule has 2 fully saturated rings. The molecule has 2 saturated heterocycles. The fraction of sp³-hybridized carbons (Fsp3) is 0.722. The van der Waals surface area contributed by atoms with Crippen LogP contribution in [0.1, 0.15) is 36.9 Å². The lowest BCUT2D eigenvalue weighted by Crippen LogP contribution is -2.45. The van der Waals surface area contributed by atoms with Crippen LogP contribution in [0, 0.1) is 5.92 Å². The fourth-order valence-electron chi connectivity index (χ4n) is 4.16. The molecule has 1 aliphatic carbocycles. The third-order valence-corrected chi connectivity index (χ3v) is 6.51. The predicted octanol–water partition coefficient (Wildman–Crippen LogP) is 2.15. The first-order valence-corrected chi connectivity index (χ1v) is 10.4. The summed E-state index contributed by atoms with van der Waals surface area (Å²) < 4.78 is 0. The van der Waals surface area contributed by atoms with Gasteiger partial charge in [-0.1, -0.05) is 0 Å². The van der Waals surface area contributed by atoms with E-state index in [4.69, 9.17) is 0 Å². The van der Waals surface area contributed by atoms with Gasteiger partial charge in [0.2, 0.25) is 5.91 Å². The molecule has 4 rings (SSSR count). The van der Waals surface area contributed by atoms with Crippen LogP contribution in [0.2, 0.25) is 0 Å². The molecule has 5 nitrogen and oxygen atoms in total. The Morgan fingerprint density at radius 3 is 2.58 bits per heavy atom. The SMILES string of the molecule is O=C(C1CCN(c2ncnc3c2CCCC3)CC1)N1CCSCC1. The Kier molecular flexibility index (Phi) is 4.92. The molecule has 0 spiro atoms. The normalized spacial score (nSPS) is 22.3. The topological polar surface area (TPSA) is 49.3 Å². The van der Waals surface area contributed by atoms with Crippen LogP contribution in [0.4, 0.5) is 5.82 Å². The Balaban J connectivity index is 1.40. The van der Waals surface area contributed by atoms with Gasteiger partial charge in [0.1, 0.15) is 12.1 Å². The molecule has 130 valence electrons. The number of aryl methyl sites for hydroxylation is 1. The third-order valence-electron chi connectivity index (χ3n) is 5.57. The number of thioether (sulfide) groups is 1. The van der Waals surface area contributed by atoms with Gasteiger partial charge in [0.15, 0.2) is 0 Å². The first kappa shape index (κ1) is 16.2. The van der Waals surface area contributed by atoms with E-state index in [1.807, 2.05) is 11.8 Å². The van der Waals surface area contributed by atoms with Gasteiger partial charge in [0.25, 0.3) is 0 Å². The summed E-state index contributed by atoms with van der Waals surface area (Å²) in [6.07, 6.45) is 8.33. The number of fused-ring (bicyclic) bond motifs is 1. The number of hydrogen-bond acceptors (Lipinski definition) is 5. The largest absolute Gasteiger partial charge is 0.356 e. The third kappa shape index (κ3) is 3.25. The molecule has 0 N–H and O–H groups in total. The van der Waals surface area contributed by atoms with Crippen molar-refractivity contribution in [2.24, 2.45) is 5.92 Å². The second kappa shape index (κ2) is 7.30. The summed E-state index contributed by atoms with van der Waals surface area (Å²) in [5, 5.41) is 0. The summed E-state index contributed by atoms with van der Waals surface area (Å²) in [6, 6.07) is 0. The van der Waals surface area contributed by atoms with Gasteiger partial charge in [-0.05, 0) is 38.5 Å². The molecule has 3 heterocycles. The average molecular weight is 347 g/mol. The lowest BCUT2D eigenvalue weighted by molar-refractivity contribution is -0.135. The van der Waals surface area contributed by atoms with E-state index in [1.54, 1.807) is 6.33 Å². The minimum absolute atomic E-state index is 0.210. The quantitative estimate of drug-likeness (QED) is 0.821. The Morgan fingerprint density at radius 2 is 1.79 bits per heavy atom. The first-order chi connectivity index (χ1) is 11.8. The van der Waals surface area contributed by atoms with Gasteiger partial charge in [0, 0.05) is 54.9 Å². The number of anilines is 1. The maximum Gasteiger partial charge on any atom is 0.225 e. The monoisotopic (exact) mass is 346 g/mol. The van der Waals surface area contributed by atoms with E-state index >= 15 is 0 Å². The van der Waals surface area contributed by atoms with Crippen molar-refractivity contribution in [3.63, 3.8) is 0 Å². The van der Waals surface area contributed by atoms with Gasteiger partial charge < -0.3 is 9.80 Å². The van der Waals surface area contributed by atoms with E-state index < -0.39 is 0 Å². The second-order valence-corrected chi connectivity index (χ2v) is 8.25. The molecule has 0 saturated carbocycles. The predicted molar refractivity (Wildman–Crippen MR) is 97.5 cm³/mol. The van der Waals surface area contributed by atoms with Gasteiger partial charge in [-0.15, -0.1) is 0 Å². The van der Waals surface area contributed by atoms with Gasteiger partial charge >= 0.3 is 0 Å². The first-order valence-electron chi connectivity index (χ1n) is 9.27. The van der Waals surface area contributed by atoms with E-state index in [9.17, 15) is 4.79 Å². The molecule has 1 amide bonds. The van der Waals surface area contributed by atoms with Gasteiger partial charge in [-0.3, -0.25) is 4.79 Å². The molecule has 2 aliphatic heterocycles. The maximum atomic E-state index is 12.7. The lowest BCUT2D eigenvalue weighted by Gasteiger charge is -2.37. The molecule has 1 aromatic heterocycles. The van der Waals surface area contributed by atoms with Crippen LogP contribution in [-0.2, 0) is 17.6 Å². The zero-order chi connectivity index (χ0) is 16.4. The number of nitrogens with zero attached hydrogens (tertiary/aromatic N) is 4. The molecule has 1 aromatic rings. The minimum Gasteiger partial charge on any atom is -0.356 e. The van der Waals surface area contributed by atoms with Crippen molar-refractivity contribution < 1.29 is 4.79 Å². The van der Waals surface area contributed by atoms with Crippen LogP contribution in [0.15, 0.2) is 6.33 Å². The van der Waals surface area contributed by atoms with Crippen molar-refractivity contribution >= 4 is 23.5 Å². The van der Waals surface area contributed by atoms with E-state index in [0.29, 0.717) is 5.91 Å². The summed E-state index contributed by atoms with van der Waals surface area (Å²) in [4.78, 5) is 26.2. The van der Waals surface area contributed by atoms with E-state index in [0.717, 1.165) is 69.2 Å². The Hall–Kier alpha value is -1.30. The van der Waals surface area contributed by atoms with Crippen molar-refractivity contribution in [2.75, 3.05) is 42.6 Å². The zero-order valence-corrected chi connectivity index (χ0v) is 15.1. The van der Waals surface area contributed by atoms with Crippen LogP contribution in [0.5, 0.6) is 0 Å². The highest BCUT2D eigenvalue weighted by molar-refractivity contribution is 7.99. The van der Waals surface area contributed by atoms with Gasteiger partial charge in [0.05, 0.1) is 0 Å². The number of rotatable bonds is 2. The van der Waals surface area contributed by atoms with Crippen LogP contribution in [0.3, 0.4) is 0 Å². The number of carbonyl (C=O) groups excluding carboxylic acids is 1. The molecule has 24 heavy (non-hydrogen) atoms. The number of piperidine rings is 1. The molecular weight excluding hydrogens is 320 g/mol. The van der Waals surface area contributed by atoms with Crippen molar-refractivity contribution in [1.82, 2.24) is 14.9 Å². The van der Waals surface area contributed by atoms with E-state index in [2.05, 4.69) is 19.8 Å². The molecular formula is C18H26N4OS. The Labute approximate surface area is 148 Å². The highest BCUT2D eigenvalue weighted by atomic mass is 32.2. The van der Waals surface area contributed by atoms with Crippen LogP contribution in [0.25, 0.3) is 0 Å². The smallest absolute Gasteiger partial charge is 0.225 e. The molecule has 0 unspecified atom stereocenters. The van der Waals surface area contributed by atoms with Gasteiger partial charge in [-0.2, -0.15) is 11.8 Å². The molecule has 3 aliphatic rings. The van der Waals surface area contributed by atoms with Crippen molar-refractivity contribution in [3.8, 4) is 0 Å². The Morgan fingerprint density at radius 1 is 1.04 bits per heavy atom.